The predicted molar refractivity (Wildman–Crippen MR) is 74.9 cm³/mol. The van der Waals surface area contributed by atoms with E-state index in [1.54, 1.807) is 45.3 Å². The van der Waals surface area contributed by atoms with Crippen molar-refractivity contribution >= 4 is 73.7 Å². The topological polar surface area (TPSA) is 46.3 Å². The zero-order chi connectivity index (χ0) is 10.1. The fourth-order valence-corrected chi connectivity index (χ4v) is 6.36. The SMILES string of the molecule is C1=NSC(C2=NSCS2)(C2=NCSS2)O1. The molecular formula is C6H5N3OS5. The number of hydrogen-bond donors (Lipinski definition) is 0. The van der Waals surface area contributed by atoms with E-state index in [1.165, 1.54) is 18.3 Å². The molecule has 0 aromatic carbocycles. The fraction of sp³-hybridized carbons (Fsp3) is 0.500. The maximum absolute atomic E-state index is 5.65. The molecular weight excluding hydrogens is 290 g/mol. The number of aliphatic imine (C=N–C) groups is 1. The van der Waals surface area contributed by atoms with E-state index in [4.69, 9.17) is 4.74 Å². The van der Waals surface area contributed by atoms with E-state index < -0.39 is 4.93 Å². The molecule has 0 radical (unpaired) electrons. The summed E-state index contributed by atoms with van der Waals surface area (Å²) < 4.78 is 14.1. The predicted octanol–water partition coefficient (Wildman–Crippen LogP) is 2.89. The molecule has 1 unspecified atom stereocenters. The van der Waals surface area contributed by atoms with Gasteiger partial charge >= 0.3 is 0 Å². The molecule has 0 bridgehead atoms. The molecule has 0 aliphatic carbocycles. The Morgan fingerprint density at radius 2 is 2.40 bits per heavy atom. The van der Waals surface area contributed by atoms with Gasteiger partial charge in [-0.2, -0.15) is 4.40 Å². The van der Waals surface area contributed by atoms with Crippen molar-refractivity contribution in [3.8, 4) is 0 Å². The van der Waals surface area contributed by atoms with E-state index in [9.17, 15) is 0 Å². The van der Waals surface area contributed by atoms with Gasteiger partial charge in [-0.15, -0.1) is 0 Å². The van der Waals surface area contributed by atoms with Crippen molar-refractivity contribution in [3.63, 3.8) is 0 Å². The smallest absolute Gasteiger partial charge is 0.273 e. The third-order valence-electron chi connectivity index (χ3n) is 1.80. The van der Waals surface area contributed by atoms with Crippen LogP contribution >= 0.6 is 57.2 Å². The van der Waals surface area contributed by atoms with Crippen molar-refractivity contribution in [1.82, 2.24) is 0 Å². The zero-order valence-electron chi connectivity index (χ0n) is 7.28. The summed E-state index contributed by atoms with van der Waals surface area (Å²) in [5.74, 6) is 0.788. The third kappa shape index (κ3) is 1.82. The summed E-state index contributed by atoms with van der Waals surface area (Å²) in [6.45, 7) is 0. The summed E-state index contributed by atoms with van der Waals surface area (Å²) in [5.41, 5.74) is 0. The molecule has 0 saturated heterocycles. The fourth-order valence-electron chi connectivity index (χ4n) is 1.18. The van der Waals surface area contributed by atoms with E-state index in [0.717, 1.165) is 21.0 Å². The number of ether oxygens (including phenoxy) is 1. The molecule has 3 aliphatic heterocycles. The van der Waals surface area contributed by atoms with Gasteiger partial charge in [0, 0.05) is 11.9 Å². The minimum atomic E-state index is -0.567. The van der Waals surface area contributed by atoms with Crippen LogP contribution < -0.4 is 0 Å². The molecule has 0 aromatic rings. The van der Waals surface area contributed by atoms with Crippen LogP contribution in [0.25, 0.3) is 0 Å². The lowest BCUT2D eigenvalue weighted by Crippen LogP contribution is -2.39. The molecule has 15 heavy (non-hydrogen) atoms. The standard InChI is InChI=1S/C6H5N3OS5/c1-8-15-6(10-1,4-7-2-13-14-4)5-9-12-3-11-5/h1H,2-3H2. The Kier molecular flexibility index (Phi) is 3.17. The summed E-state index contributed by atoms with van der Waals surface area (Å²) in [6.07, 6.45) is 1.49. The van der Waals surface area contributed by atoms with Gasteiger partial charge in [-0.1, -0.05) is 22.6 Å². The van der Waals surface area contributed by atoms with E-state index >= 15 is 0 Å². The first-order chi connectivity index (χ1) is 7.42. The normalized spacial score (nSPS) is 34.1. The lowest BCUT2D eigenvalue weighted by atomic mass is 10.4. The van der Waals surface area contributed by atoms with E-state index in [-0.39, 0.29) is 0 Å². The van der Waals surface area contributed by atoms with E-state index in [0.29, 0.717) is 0 Å². The highest BCUT2D eigenvalue weighted by atomic mass is 33.1. The first-order valence-corrected chi connectivity index (χ1v) is 8.99. The van der Waals surface area contributed by atoms with Crippen LogP contribution in [0, 0.1) is 0 Å². The second-order valence-corrected chi connectivity index (χ2v) is 7.90. The molecule has 0 spiro atoms. The summed E-state index contributed by atoms with van der Waals surface area (Å²) >= 11 is 4.67. The minimum Gasteiger partial charge on any atom is -0.450 e. The molecule has 0 aromatic heterocycles. The molecule has 1 atom stereocenters. The van der Waals surface area contributed by atoms with Gasteiger partial charge in [-0.05, 0) is 22.7 Å². The van der Waals surface area contributed by atoms with E-state index in [1.807, 2.05) is 0 Å². The Morgan fingerprint density at radius 3 is 3.00 bits per heavy atom. The average molecular weight is 295 g/mol. The van der Waals surface area contributed by atoms with Crippen molar-refractivity contribution in [2.75, 3.05) is 11.0 Å². The van der Waals surface area contributed by atoms with Crippen molar-refractivity contribution in [3.05, 3.63) is 0 Å². The Labute approximate surface area is 108 Å². The minimum absolute atomic E-state index is 0.567. The van der Waals surface area contributed by atoms with Crippen LogP contribution in [-0.4, -0.2) is 32.4 Å². The maximum Gasteiger partial charge on any atom is 0.273 e. The van der Waals surface area contributed by atoms with Crippen LogP contribution in [0.2, 0.25) is 0 Å². The Hall–Kier alpha value is 0.560. The molecule has 0 saturated carbocycles. The van der Waals surface area contributed by atoms with Crippen molar-refractivity contribution < 1.29 is 4.74 Å². The number of nitrogens with zero attached hydrogens (tertiary/aromatic N) is 3. The highest BCUT2D eigenvalue weighted by Gasteiger charge is 2.50. The Balaban J connectivity index is 1.94. The van der Waals surface area contributed by atoms with Gasteiger partial charge in [0.1, 0.15) is 10.1 Å². The Bertz CT molecular complexity index is 334. The quantitative estimate of drug-likeness (QED) is 0.576. The number of thioether (sulfide) groups is 1. The monoisotopic (exact) mass is 295 g/mol. The molecule has 0 amide bonds. The number of hydrogen-bond acceptors (Lipinski definition) is 9. The highest BCUT2D eigenvalue weighted by molar-refractivity contribution is 8.83. The van der Waals surface area contributed by atoms with Gasteiger partial charge < -0.3 is 4.74 Å². The van der Waals surface area contributed by atoms with Crippen molar-refractivity contribution in [2.45, 2.75) is 4.93 Å². The molecule has 3 heterocycles. The first kappa shape index (κ1) is 10.7. The molecule has 3 aliphatic rings. The summed E-state index contributed by atoms with van der Waals surface area (Å²) in [4.78, 5) is 3.88. The van der Waals surface area contributed by atoms with Crippen LogP contribution in [0.4, 0.5) is 0 Å². The maximum atomic E-state index is 5.65. The van der Waals surface area contributed by atoms with Crippen LogP contribution in [0.15, 0.2) is 13.8 Å². The van der Waals surface area contributed by atoms with Crippen LogP contribution in [0.1, 0.15) is 0 Å². The third-order valence-corrected chi connectivity index (χ3v) is 7.03. The van der Waals surface area contributed by atoms with Crippen molar-refractivity contribution in [1.29, 1.82) is 0 Å². The molecule has 3 rings (SSSR count). The first-order valence-electron chi connectivity index (χ1n) is 3.97. The number of rotatable bonds is 2. The van der Waals surface area contributed by atoms with E-state index in [2.05, 4.69) is 13.8 Å². The molecule has 0 fully saturated rings. The van der Waals surface area contributed by atoms with Gasteiger partial charge in [0.2, 0.25) is 0 Å². The average Bonchev–Trinajstić information content (AvgIpc) is 3.02. The van der Waals surface area contributed by atoms with Gasteiger partial charge in [0.25, 0.3) is 4.93 Å². The molecule has 80 valence electrons. The summed E-state index contributed by atoms with van der Waals surface area (Å²) in [7, 11) is 3.38. The summed E-state index contributed by atoms with van der Waals surface area (Å²) in [5, 5.41) is 2.90. The lowest BCUT2D eigenvalue weighted by Gasteiger charge is -2.23. The van der Waals surface area contributed by atoms with Gasteiger partial charge in [0.05, 0.1) is 11.0 Å². The van der Waals surface area contributed by atoms with Gasteiger partial charge in [-0.25, -0.2) is 4.40 Å². The van der Waals surface area contributed by atoms with Gasteiger partial charge in [0.15, 0.2) is 6.40 Å². The van der Waals surface area contributed by atoms with Crippen LogP contribution in [-0.2, 0) is 4.74 Å². The summed E-state index contributed by atoms with van der Waals surface area (Å²) in [6, 6.07) is 0. The largest absolute Gasteiger partial charge is 0.450 e. The second kappa shape index (κ2) is 4.44. The second-order valence-electron chi connectivity index (χ2n) is 2.62. The van der Waals surface area contributed by atoms with Crippen LogP contribution in [0.5, 0.6) is 0 Å². The molecule has 0 N–H and O–H groups in total. The van der Waals surface area contributed by atoms with Crippen LogP contribution in [0.3, 0.4) is 0 Å². The zero-order valence-corrected chi connectivity index (χ0v) is 11.4. The highest BCUT2D eigenvalue weighted by Crippen LogP contribution is 2.49. The Morgan fingerprint density at radius 1 is 1.40 bits per heavy atom. The van der Waals surface area contributed by atoms with Gasteiger partial charge in [-0.3, -0.25) is 4.99 Å². The lowest BCUT2D eigenvalue weighted by molar-refractivity contribution is 0.317. The molecule has 9 heteroatoms. The van der Waals surface area contributed by atoms with Crippen molar-refractivity contribution in [2.24, 2.45) is 13.8 Å². The molecule has 4 nitrogen and oxygen atoms in total.